The Balaban J connectivity index is -0.000000755. The number of nitrogens with zero attached hydrogens (tertiary/aromatic N) is 3. The van der Waals surface area contributed by atoms with Crippen LogP contribution >= 0.6 is 11.6 Å². The predicted octanol–water partition coefficient (Wildman–Crippen LogP) is -4.40. The number of halogens is 1. The second kappa shape index (κ2) is 31.0. The van der Waals surface area contributed by atoms with Crippen LogP contribution in [-0.2, 0) is 66.8 Å². The topological polar surface area (TPSA) is 310 Å². The van der Waals surface area contributed by atoms with Gasteiger partial charge in [-0.1, -0.05) is 0 Å². The first kappa shape index (κ1) is 61.4. The zero-order valence-corrected chi connectivity index (χ0v) is 37.7. The zero-order valence-electron chi connectivity index (χ0n) is 36.9. The van der Waals surface area contributed by atoms with Gasteiger partial charge in [0.05, 0.1) is 33.0 Å². The minimum Gasteiger partial charge on any atom is -0.870 e. The summed E-state index contributed by atoms with van der Waals surface area (Å²) in [5.74, 6) is -3.44. The maximum atomic E-state index is 12.0. The van der Waals surface area contributed by atoms with Crippen molar-refractivity contribution < 1.29 is 96.3 Å². The van der Waals surface area contributed by atoms with E-state index in [0.717, 1.165) is 0 Å². The molecule has 0 aliphatic carbocycles. The second-order valence-electron chi connectivity index (χ2n) is 14.5. The van der Waals surface area contributed by atoms with Gasteiger partial charge in [0.1, 0.15) is 36.1 Å². The number of carboxylic acid groups (broad SMARTS) is 1. The van der Waals surface area contributed by atoms with Crippen molar-refractivity contribution in [2.75, 3.05) is 112 Å². The molecule has 3 saturated heterocycles. The summed E-state index contributed by atoms with van der Waals surface area (Å²) >= 11 is 5.16. The van der Waals surface area contributed by atoms with Crippen LogP contribution in [0.15, 0.2) is 0 Å². The number of nitrogens with two attached hydrogens (primary N) is 1. The number of aliphatic carboxylic acids is 1. The number of carbonyl (C=O) groups excluding carboxylic acids is 8. The molecule has 346 valence electrons. The molecule has 3 rings (SSSR count). The molecule has 0 bridgehead atoms. The summed E-state index contributed by atoms with van der Waals surface area (Å²) < 4.78 is 24.4. The van der Waals surface area contributed by atoms with Crippen LogP contribution in [0.25, 0.3) is 0 Å². The van der Waals surface area contributed by atoms with Crippen LogP contribution in [0.5, 0.6) is 0 Å². The van der Waals surface area contributed by atoms with Crippen LogP contribution in [0, 0.1) is 16.2 Å². The smallest absolute Gasteiger partial charge is 0.870 e. The van der Waals surface area contributed by atoms with Crippen molar-refractivity contribution in [1.29, 1.82) is 0 Å². The van der Waals surface area contributed by atoms with E-state index < -0.39 is 51.2 Å². The fraction of sp³-hybridized carbons (Fsp3) is 0.757. The first-order chi connectivity index (χ1) is 27.5. The summed E-state index contributed by atoms with van der Waals surface area (Å²) in [6, 6.07) is 0. The van der Waals surface area contributed by atoms with Crippen molar-refractivity contribution in [1.82, 2.24) is 25.3 Å². The van der Waals surface area contributed by atoms with E-state index >= 15 is 0 Å². The first-order valence-electron chi connectivity index (χ1n) is 19.1. The van der Waals surface area contributed by atoms with Crippen molar-refractivity contribution in [2.24, 2.45) is 22.0 Å². The van der Waals surface area contributed by atoms with Crippen molar-refractivity contribution >= 4 is 64.3 Å². The number of hydrogen-bond donors (Lipinski definition) is 4. The number of carbonyl (C=O) groups is 9. The summed E-state index contributed by atoms with van der Waals surface area (Å²) in [5.41, 5.74) is 1.37. The summed E-state index contributed by atoms with van der Waals surface area (Å²) in [7, 11) is 0. The van der Waals surface area contributed by atoms with Crippen molar-refractivity contribution in [3.63, 3.8) is 0 Å². The fourth-order valence-electron chi connectivity index (χ4n) is 4.46. The molecule has 5 amide bonds. The molecular weight excluding hydrogens is 827 g/mol. The Morgan fingerprint density at radius 2 is 0.984 bits per heavy atom. The van der Waals surface area contributed by atoms with Gasteiger partial charge in [-0.25, -0.2) is 0 Å². The maximum Gasteiger partial charge on any atom is 1.00 e. The number of amides is 5. The maximum absolute atomic E-state index is 12.0. The van der Waals surface area contributed by atoms with Gasteiger partial charge in [-0.2, -0.15) is 0 Å². The third-order valence-electron chi connectivity index (χ3n) is 8.72. The molecule has 3 aliphatic heterocycles. The van der Waals surface area contributed by atoms with E-state index in [-0.39, 0.29) is 81.6 Å². The molecule has 24 heteroatoms. The average molecular weight is 891 g/mol. The number of ether oxygens (including phenoxy) is 5. The van der Waals surface area contributed by atoms with Crippen molar-refractivity contribution in [3.8, 4) is 0 Å². The third kappa shape index (κ3) is 22.2. The van der Waals surface area contributed by atoms with Gasteiger partial charge in [-0.05, 0) is 67.0 Å². The fourth-order valence-corrected chi connectivity index (χ4v) is 4.54. The van der Waals surface area contributed by atoms with Gasteiger partial charge in [0, 0.05) is 58.9 Å². The van der Waals surface area contributed by atoms with Crippen molar-refractivity contribution in [2.45, 2.75) is 55.4 Å². The molecule has 3 aliphatic rings. The number of rotatable bonds is 16. The molecule has 3 heterocycles. The predicted molar refractivity (Wildman–Crippen MR) is 212 cm³/mol. The second-order valence-corrected chi connectivity index (χ2v) is 14.8. The Kier molecular flexibility index (Phi) is 31.2. The molecule has 61 heavy (non-hydrogen) atoms. The SMILES string of the molecule is CC(C)(C(=O)O)C(=O)NCCN1CCOCC1=O.CCOC(=O)C(C)(C)C(=O)Cl.CCOC(=O)C(C)(C)C(=O)NCCN1CCOCC1=O.NCCN1CCOCC1=O.[Li+].[OH-]. The van der Waals surface area contributed by atoms with E-state index in [1.807, 2.05) is 0 Å². The molecule has 6 N–H and O–H groups in total. The molecule has 0 aromatic rings. The molecule has 3 fully saturated rings. The normalized spacial score (nSPS) is 15.3. The van der Waals surface area contributed by atoms with Crippen LogP contribution < -0.4 is 35.2 Å². The number of carboxylic acids is 1. The largest absolute Gasteiger partial charge is 1.00 e. The Labute approximate surface area is 373 Å². The van der Waals surface area contributed by atoms with Crippen LogP contribution in [-0.4, -0.2) is 190 Å². The van der Waals surface area contributed by atoms with Gasteiger partial charge in [0.25, 0.3) is 0 Å². The minimum absolute atomic E-state index is 0. The van der Waals surface area contributed by atoms with Crippen LogP contribution in [0.1, 0.15) is 55.4 Å². The average Bonchev–Trinajstić information content (AvgIpc) is 3.18. The molecule has 0 unspecified atom stereocenters. The molecule has 22 nitrogen and oxygen atoms in total. The summed E-state index contributed by atoms with van der Waals surface area (Å²) in [4.78, 5) is 106. The summed E-state index contributed by atoms with van der Waals surface area (Å²) in [6.07, 6.45) is 0. The molecule has 0 atom stereocenters. The number of nitrogens with one attached hydrogen (secondary N) is 2. The van der Waals surface area contributed by atoms with Gasteiger partial charge >= 0.3 is 36.8 Å². The Morgan fingerprint density at radius 3 is 1.28 bits per heavy atom. The van der Waals surface area contributed by atoms with Gasteiger partial charge < -0.3 is 65.3 Å². The minimum atomic E-state index is -1.46. The van der Waals surface area contributed by atoms with Gasteiger partial charge in [-0.15, -0.1) is 0 Å². The molecule has 0 aromatic carbocycles. The van der Waals surface area contributed by atoms with E-state index in [4.69, 9.17) is 41.4 Å². The molecule has 0 saturated carbocycles. The molecule has 0 radical (unpaired) electrons. The van der Waals surface area contributed by atoms with Crippen LogP contribution in [0.4, 0.5) is 0 Å². The van der Waals surface area contributed by atoms with Gasteiger partial charge in [-0.3, -0.25) is 43.2 Å². The Hall–Kier alpha value is -3.88. The van der Waals surface area contributed by atoms with Crippen LogP contribution in [0.2, 0.25) is 0 Å². The summed E-state index contributed by atoms with van der Waals surface area (Å²) in [6.45, 7) is 18.6. The molecular formula is C37H64ClLiN6O16. The standard InChI is InChI=1S/C13H22N2O5.C11H18N2O5.C7H11ClO3.C6H12N2O2.Li.H2O/c1-4-20-12(18)13(2,3)11(17)14-5-6-15-7-8-19-9-10(15)16;1-11(2,10(16)17)9(15)12-3-4-13-5-6-18-7-8(13)14;1-4-11-6(10)7(2,3)5(8)9;7-1-2-8-3-4-10-5-6(8)9;;/h4-9H2,1-3H3,(H,14,17);3-7H2,1-2H3,(H,12,15)(H,16,17);4H2,1-3H3;1-5,7H2;;1H2/q;;;;+1;/p-1. The van der Waals surface area contributed by atoms with Crippen molar-refractivity contribution in [3.05, 3.63) is 0 Å². The van der Waals surface area contributed by atoms with E-state index in [0.29, 0.717) is 72.2 Å². The third-order valence-corrected chi connectivity index (χ3v) is 9.19. The Morgan fingerprint density at radius 1 is 0.656 bits per heavy atom. The monoisotopic (exact) mass is 890 g/mol. The molecule has 0 aromatic heterocycles. The summed E-state index contributed by atoms with van der Waals surface area (Å²) in [5, 5.41) is 13.3. The van der Waals surface area contributed by atoms with E-state index in [1.165, 1.54) is 41.5 Å². The first-order valence-corrected chi connectivity index (χ1v) is 19.5. The van der Waals surface area contributed by atoms with E-state index in [2.05, 4.69) is 15.4 Å². The number of hydrogen-bond acceptors (Lipinski definition) is 16. The van der Waals surface area contributed by atoms with Gasteiger partial charge in [0.2, 0.25) is 34.8 Å². The van der Waals surface area contributed by atoms with E-state index in [9.17, 15) is 43.2 Å². The van der Waals surface area contributed by atoms with Crippen LogP contribution in [0.3, 0.4) is 0 Å². The quantitative estimate of drug-likeness (QED) is 0.0492. The number of esters is 2. The number of morpholine rings is 3. The van der Waals surface area contributed by atoms with E-state index in [1.54, 1.807) is 28.5 Å². The van der Waals surface area contributed by atoms with Gasteiger partial charge in [0.15, 0.2) is 0 Å². The molecule has 0 spiro atoms. The zero-order chi connectivity index (χ0) is 45.4. The Bertz CT molecular complexity index is 1450.